The van der Waals surface area contributed by atoms with Crippen molar-refractivity contribution in [2.75, 3.05) is 23.0 Å². The average Bonchev–Trinajstić information content (AvgIpc) is 2.28. The van der Waals surface area contributed by atoms with Gasteiger partial charge in [0.2, 0.25) is 0 Å². The van der Waals surface area contributed by atoms with Crippen LogP contribution in [0.5, 0.6) is 0 Å². The molecule has 0 aliphatic carbocycles. The number of aryl methyl sites for hydroxylation is 1. The van der Waals surface area contributed by atoms with Crippen LogP contribution < -0.4 is 4.90 Å². The van der Waals surface area contributed by atoms with Crippen molar-refractivity contribution in [3.8, 4) is 6.07 Å². The van der Waals surface area contributed by atoms with Crippen LogP contribution in [0, 0.1) is 18.3 Å². The van der Waals surface area contributed by atoms with E-state index in [1.807, 2.05) is 18.7 Å². The number of anilines is 1. The van der Waals surface area contributed by atoms with Crippen molar-refractivity contribution in [3.63, 3.8) is 0 Å². The molecule has 1 atom stereocenters. The lowest BCUT2D eigenvalue weighted by atomic mass is 10.2. The van der Waals surface area contributed by atoms with E-state index in [2.05, 4.69) is 11.1 Å². The van der Waals surface area contributed by atoms with Crippen LogP contribution in [0.1, 0.15) is 18.2 Å². The van der Waals surface area contributed by atoms with Crippen LogP contribution in [-0.4, -0.2) is 37.5 Å². The fourth-order valence-electron chi connectivity index (χ4n) is 2.16. The number of sulfone groups is 1. The third kappa shape index (κ3) is 2.46. The van der Waals surface area contributed by atoms with Crippen molar-refractivity contribution in [1.82, 2.24) is 4.98 Å². The molecule has 1 aromatic rings. The van der Waals surface area contributed by atoms with Gasteiger partial charge in [0.15, 0.2) is 9.84 Å². The van der Waals surface area contributed by atoms with Gasteiger partial charge in [0.05, 0.1) is 17.1 Å². The standard InChI is InChI=1S/C12H15N3O2S/c1-9-3-4-11(7-13)12(14-9)15-5-6-18(16,17)8-10(15)2/h3-4,10H,5-6,8H2,1-2H3. The highest BCUT2D eigenvalue weighted by Gasteiger charge is 2.30. The summed E-state index contributed by atoms with van der Waals surface area (Å²) in [6.07, 6.45) is 0. The Kier molecular flexibility index (Phi) is 3.26. The van der Waals surface area contributed by atoms with Gasteiger partial charge in [-0.05, 0) is 26.0 Å². The van der Waals surface area contributed by atoms with Gasteiger partial charge in [-0.2, -0.15) is 5.26 Å². The quantitative estimate of drug-likeness (QED) is 0.753. The zero-order chi connectivity index (χ0) is 13.3. The van der Waals surface area contributed by atoms with Crippen LogP contribution in [0.25, 0.3) is 0 Å². The molecule has 0 saturated carbocycles. The highest BCUT2D eigenvalue weighted by atomic mass is 32.2. The van der Waals surface area contributed by atoms with E-state index in [9.17, 15) is 8.42 Å². The topological polar surface area (TPSA) is 74.1 Å². The molecule has 96 valence electrons. The van der Waals surface area contributed by atoms with Crippen LogP contribution in [0.4, 0.5) is 5.82 Å². The first-order valence-corrected chi connectivity index (χ1v) is 7.60. The van der Waals surface area contributed by atoms with E-state index in [0.29, 0.717) is 17.9 Å². The van der Waals surface area contributed by atoms with E-state index in [0.717, 1.165) is 5.69 Å². The Morgan fingerprint density at radius 2 is 2.22 bits per heavy atom. The molecule has 1 fully saturated rings. The lowest BCUT2D eigenvalue weighted by molar-refractivity contribution is 0.566. The highest BCUT2D eigenvalue weighted by molar-refractivity contribution is 7.91. The first kappa shape index (κ1) is 12.8. The predicted molar refractivity (Wildman–Crippen MR) is 69.2 cm³/mol. The van der Waals surface area contributed by atoms with E-state index < -0.39 is 9.84 Å². The third-order valence-corrected chi connectivity index (χ3v) is 4.87. The monoisotopic (exact) mass is 265 g/mol. The van der Waals surface area contributed by atoms with E-state index >= 15 is 0 Å². The van der Waals surface area contributed by atoms with Crippen molar-refractivity contribution in [1.29, 1.82) is 5.26 Å². The molecular weight excluding hydrogens is 250 g/mol. The van der Waals surface area contributed by atoms with Gasteiger partial charge < -0.3 is 4.90 Å². The van der Waals surface area contributed by atoms with Gasteiger partial charge in [0, 0.05) is 18.3 Å². The first-order chi connectivity index (χ1) is 8.43. The lowest BCUT2D eigenvalue weighted by Gasteiger charge is -2.34. The van der Waals surface area contributed by atoms with E-state index in [1.54, 1.807) is 12.1 Å². The summed E-state index contributed by atoms with van der Waals surface area (Å²) >= 11 is 0. The lowest BCUT2D eigenvalue weighted by Crippen LogP contribution is -2.47. The molecule has 0 bridgehead atoms. The maximum atomic E-state index is 11.5. The molecule has 0 amide bonds. The number of pyridine rings is 1. The van der Waals surface area contributed by atoms with Gasteiger partial charge in [0.1, 0.15) is 11.9 Å². The third-order valence-electron chi connectivity index (χ3n) is 3.08. The molecule has 0 spiro atoms. The fraction of sp³-hybridized carbons (Fsp3) is 0.500. The summed E-state index contributed by atoms with van der Waals surface area (Å²) < 4.78 is 23.1. The van der Waals surface area contributed by atoms with Crippen molar-refractivity contribution < 1.29 is 8.42 Å². The minimum atomic E-state index is -2.95. The molecule has 5 nitrogen and oxygen atoms in total. The zero-order valence-corrected chi connectivity index (χ0v) is 11.2. The van der Waals surface area contributed by atoms with Gasteiger partial charge in [-0.1, -0.05) is 0 Å². The maximum Gasteiger partial charge on any atom is 0.154 e. The van der Waals surface area contributed by atoms with Crippen LogP contribution in [0.15, 0.2) is 12.1 Å². The van der Waals surface area contributed by atoms with Crippen molar-refractivity contribution in [3.05, 3.63) is 23.4 Å². The minimum Gasteiger partial charge on any atom is -0.351 e. The number of aromatic nitrogens is 1. The SMILES string of the molecule is Cc1ccc(C#N)c(N2CCS(=O)(=O)CC2C)n1. The van der Waals surface area contributed by atoms with Gasteiger partial charge in [-0.15, -0.1) is 0 Å². The second kappa shape index (κ2) is 4.58. The largest absolute Gasteiger partial charge is 0.351 e. The predicted octanol–water partition coefficient (Wildman–Crippen LogP) is 0.885. The van der Waals surface area contributed by atoms with E-state index in [-0.39, 0.29) is 17.5 Å². The molecule has 0 aromatic carbocycles. The summed E-state index contributed by atoms with van der Waals surface area (Å²) in [6.45, 7) is 4.10. The van der Waals surface area contributed by atoms with Crippen molar-refractivity contribution in [2.45, 2.75) is 19.9 Å². The van der Waals surface area contributed by atoms with Gasteiger partial charge >= 0.3 is 0 Å². The van der Waals surface area contributed by atoms with Crippen LogP contribution in [-0.2, 0) is 9.84 Å². The molecule has 6 heteroatoms. The number of nitrogens with zero attached hydrogens (tertiary/aromatic N) is 3. The van der Waals surface area contributed by atoms with Crippen molar-refractivity contribution in [2.24, 2.45) is 0 Å². The second-order valence-electron chi connectivity index (χ2n) is 4.59. The Morgan fingerprint density at radius 3 is 2.83 bits per heavy atom. The van der Waals surface area contributed by atoms with Gasteiger partial charge in [0.25, 0.3) is 0 Å². The molecule has 1 aliphatic rings. The number of hydrogen-bond acceptors (Lipinski definition) is 5. The number of nitriles is 1. The first-order valence-electron chi connectivity index (χ1n) is 5.78. The Hall–Kier alpha value is -1.61. The molecule has 2 heterocycles. The minimum absolute atomic E-state index is 0.119. The molecule has 1 aromatic heterocycles. The van der Waals surface area contributed by atoms with Gasteiger partial charge in [-0.25, -0.2) is 13.4 Å². The van der Waals surface area contributed by atoms with Crippen LogP contribution in [0.2, 0.25) is 0 Å². The summed E-state index contributed by atoms with van der Waals surface area (Å²) in [5.74, 6) is 0.839. The molecule has 1 unspecified atom stereocenters. The van der Waals surface area contributed by atoms with E-state index in [4.69, 9.17) is 5.26 Å². The van der Waals surface area contributed by atoms with Crippen molar-refractivity contribution >= 4 is 15.7 Å². The molecule has 1 saturated heterocycles. The summed E-state index contributed by atoms with van der Waals surface area (Å²) in [5, 5.41) is 9.09. The summed E-state index contributed by atoms with van der Waals surface area (Å²) in [6, 6.07) is 5.47. The fourth-order valence-corrected chi connectivity index (χ4v) is 3.72. The number of rotatable bonds is 1. The Balaban J connectivity index is 2.38. The highest BCUT2D eigenvalue weighted by Crippen LogP contribution is 2.23. The summed E-state index contributed by atoms with van der Waals surface area (Å²) in [4.78, 5) is 6.28. The molecule has 0 N–H and O–H groups in total. The van der Waals surface area contributed by atoms with Crippen LogP contribution >= 0.6 is 0 Å². The number of hydrogen-bond donors (Lipinski definition) is 0. The second-order valence-corrected chi connectivity index (χ2v) is 6.82. The molecule has 2 rings (SSSR count). The summed E-state index contributed by atoms with van der Waals surface area (Å²) in [5.41, 5.74) is 1.32. The Morgan fingerprint density at radius 1 is 1.50 bits per heavy atom. The Bertz CT molecular complexity index is 604. The Labute approximate surface area is 107 Å². The molecular formula is C12H15N3O2S. The average molecular weight is 265 g/mol. The summed E-state index contributed by atoms with van der Waals surface area (Å²) in [7, 11) is -2.95. The van der Waals surface area contributed by atoms with Gasteiger partial charge in [-0.3, -0.25) is 0 Å². The maximum absolute atomic E-state index is 11.5. The smallest absolute Gasteiger partial charge is 0.154 e. The van der Waals surface area contributed by atoms with Crippen LogP contribution in [0.3, 0.4) is 0 Å². The molecule has 1 aliphatic heterocycles. The normalized spacial score (nSPS) is 22.5. The molecule has 18 heavy (non-hydrogen) atoms. The zero-order valence-electron chi connectivity index (χ0n) is 10.4. The molecule has 0 radical (unpaired) electrons. The van der Waals surface area contributed by atoms with E-state index in [1.165, 1.54) is 0 Å².